The van der Waals surface area contributed by atoms with E-state index in [1.807, 2.05) is 25.3 Å². The van der Waals surface area contributed by atoms with Gasteiger partial charge in [0.05, 0.1) is 11.8 Å². The highest BCUT2D eigenvalue weighted by atomic mass is 32.2. The smallest absolute Gasteiger partial charge is 0.307 e. The van der Waals surface area contributed by atoms with Gasteiger partial charge in [0, 0.05) is 11.8 Å². The van der Waals surface area contributed by atoms with Crippen LogP contribution in [0.5, 0.6) is 0 Å². The summed E-state index contributed by atoms with van der Waals surface area (Å²) in [6, 6.07) is 0.139. The molecule has 1 fully saturated rings. The van der Waals surface area contributed by atoms with Crippen molar-refractivity contribution in [2.24, 2.45) is 23.7 Å². The van der Waals surface area contributed by atoms with Crippen LogP contribution in [0.3, 0.4) is 0 Å². The van der Waals surface area contributed by atoms with Crippen molar-refractivity contribution in [1.29, 1.82) is 0 Å². The second-order valence-electron chi connectivity index (χ2n) is 5.41. The van der Waals surface area contributed by atoms with Gasteiger partial charge in [0.2, 0.25) is 5.91 Å². The molecule has 2 aliphatic carbocycles. The predicted molar refractivity (Wildman–Crippen MR) is 76.0 cm³/mol. The Morgan fingerprint density at radius 3 is 2.53 bits per heavy atom. The summed E-state index contributed by atoms with van der Waals surface area (Å²) in [5.74, 6) is -0.821. The van der Waals surface area contributed by atoms with Gasteiger partial charge >= 0.3 is 5.97 Å². The first kappa shape index (κ1) is 14.4. The molecule has 0 spiro atoms. The van der Waals surface area contributed by atoms with Crippen LogP contribution >= 0.6 is 11.8 Å². The Bertz CT molecular complexity index is 396. The Balaban J connectivity index is 2.05. The molecule has 5 heteroatoms. The van der Waals surface area contributed by atoms with Crippen molar-refractivity contribution in [2.45, 2.75) is 25.8 Å². The minimum Gasteiger partial charge on any atom is -0.481 e. The highest BCUT2D eigenvalue weighted by Gasteiger charge is 2.51. The maximum atomic E-state index is 12.4. The molecule has 19 heavy (non-hydrogen) atoms. The number of hydrogen-bond donors (Lipinski definition) is 2. The number of fused-ring (bicyclic) bond motifs is 2. The van der Waals surface area contributed by atoms with E-state index in [0.717, 1.165) is 18.6 Å². The zero-order chi connectivity index (χ0) is 14.0. The zero-order valence-electron chi connectivity index (χ0n) is 11.3. The van der Waals surface area contributed by atoms with Gasteiger partial charge < -0.3 is 10.4 Å². The molecule has 4 nitrogen and oxygen atoms in total. The van der Waals surface area contributed by atoms with Crippen molar-refractivity contribution in [3.05, 3.63) is 12.2 Å². The van der Waals surface area contributed by atoms with Crippen molar-refractivity contribution < 1.29 is 14.7 Å². The van der Waals surface area contributed by atoms with Crippen LogP contribution in [0.15, 0.2) is 12.2 Å². The van der Waals surface area contributed by atoms with Crippen LogP contribution in [0, 0.1) is 23.7 Å². The maximum Gasteiger partial charge on any atom is 0.307 e. The van der Waals surface area contributed by atoms with Gasteiger partial charge in [-0.1, -0.05) is 19.1 Å². The van der Waals surface area contributed by atoms with Crippen LogP contribution < -0.4 is 5.32 Å². The topological polar surface area (TPSA) is 66.4 Å². The van der Waals surface area contributed by atoms with Gasteiger partial charge in [-0.3, -0.25) is 9.59 Å². The summed E-state index contributed by atoms with van der Waals surface area (Å²) in [6.07, 6.45) is 7.68. The van der Waals surface area contributed by atoms with Gasteiger partial charge in [0.25, 0.3) is 0 Å². The molecule has 3 unspecified atom stereocenters. The van der Waals surface area contributed by atoms with E-state index >= 15 is 0 Å². The minimum absolute atomic E-state index is 0.0406. The molecule has 2 N–H and O–H groups in total. The average Bonchev–Trinajstić information content (AvgIpc) is 2.97. The first-order valence-corrected chi connectivity index (χ1v) is 8.18. The lowest BCUT2D eigenvalue weighted by Crippen LogP contribution is -2.45. The number of allylic oxidation sites excluding steroid dienone is 2. The van der Waals surface area contributed by atoms with E-state index in [-0.39, 0.29) is 29.7 Å². The normalized spacial score (nSPS) is 33.4. The number of carbonyl (C=O) groups is 2. The predicted octanol–water partition coefficient (Wildman–Crippen LogP) is 1.77. The molecule has 0 aromatic rings. The molecular weight excluding hydrogens is 262 g/mol. The van der Waals surface area contributed by atoms with E-state index in [9.17, 15) is 14.7 Å². The van der Waals surface area contributed by atoms with Crippen LogP contribution in [0.4, 0.5) is 0 Å². The summed E-state index contributed by atoms with van der Waals surface area (Å²) in [6.45, 7) is 2.04. The minimum atomic E-state index is -0.838. The maximum absolute atomic E-state index is 12.4. The molecule has 1 amide bonds. The zero-order valence-corrected chi connectivity index (χ0v) is 12.2. The number of aliphatic carboxylic acids is 1. The van der Waals surface area contributed by atoms with Crippen LogP contribution in [-0.4, -0.2) is 35.0 Å². The first-order valence-electron chi connectivity index (χ1n) is 6.78. The molecule has 2 bridgehead atoms. The van der Waals surface area contributed by atoms with E-state index in [2.05, 4.69) is 5.32 Å². The highest BCUT2D eigenvalue weighted by molar-refractivity contribution is 7.98. The first-order chi connectivity index (χ1) is 9.08. The molecular formula is C14H21NO3S. The summed E-state index contributed by atoms with van der Waals surface area (Å²) >= 11 is 1.70. The van der Waals surface area contributed by atoms with Crippen LogP contribution in [0.2, 0.25) is 0 Å². The third-order valence-corrected chi connectivity index (χ3v) is 4.99. The monoisotopic (exact) mass is 283 g/mol. The summed E-state index contributed by atoms with van der Waals surface area (Å²) in [5, 5.41) is 12.4. The number of rotatable bonds is 6. The van der Waals surface area contributed by atoms with Crippen molar-refractivity contribution in [2.75, 3.05) is 12.0 Å². The summed E-state index contributed by atoms with van der Waals surface area (Å²) < 4.78 is 0. The van der Waals surface area contributed by atoms with Crippen LogP contribution in [-0.2, 0) is 9.59 Å². The van der Waals surface area contributed by atoms with E-state index in [1.165, 1.54) is 0 Å². The average molecular weight is 283 g/mol. The molecule has 5 atom stereocenters. The summed E-state index contributed by atoms with van der Waals surface area (Å²) in [4.78, 5) is 23.7. The Labute approximate surface area is 118 Å². The second-order valence-corrected chi connectivity index (χ2v) is 6.32. The number of nitrogens with one attached hydrogen (secondary N) is 1. The van der Waals surface area contributed by atoms with Crippen molar-refractivity contribution >= 4 is 23.6 Å². The molecule has 0 aromatic heterocycles. The number of thioether (sulfide) groups is 1. The van der Waals surface area contributed by atoms with Gasteiger partial charge in [-0.05, 0) is 30.9 Å². The molecule has 106 valence electrons. The third kappa shape index (κ3) is 2.81. The van der Waals surface area contributed by atoms with E-state index in [1.54, 1.807) is 11.8 Å². The standard InChI is InChI=1S/C14H21NO3S/c1-3-10(7-19-2)15-13(16)11-8-4-5-9(6-8)12(11)14(17)18/h4-5,8-12H,3,6-7H2,1-2H3,(H,15,16)(H,17,18)/t8?,9?,10?,11-,12+/m0/s1. The van der Waals surface area contributed by atoms with Gasteiger partial charge in [-0.2, -0.15) is 11.8 Å². The van der Waals surface area contributed by atoms with Crippen molar-refractivity contribution in [3.63, 3.8) is 0 Å². The third-order valence-electron chi connectivity index (χ3n) is 4.25. The van der Waals surface area contributed by atoms with Gasteiger partial charge in [0.15, 0.2) is 0 Å². The second kappa shape index (κ2) is 5.99. The Hall–Kier alpha value is -0.970. The van der Waals surface area contributed by atoms with Gasteiger partial charge in [-0.25, -0.2) is 0 Å². The highest BCUT2D eigenvalue weighted by Crippen LogP contribution is 2.48. The number of hydrogen-bond acceptors (Lipinski definition) is 3. The lowest BCUT2D eigenvalue weighted by molar-refractivity contribution is -0.148. The summed E-state index contributed by atoms with van der Waals surface area (Å²) in [7, 11) is 0. The van der Waals surface area contributed by atoms with E-state index in [0.29, 0.717) is 0 Å². The van der Waals surface area contributed by atoms with E-state index < -0.39 is 11.9 Å². The number of amides is 1. The Kier molecular flexibility index (Phi) is 4.55. The van der Waals surface area contributed by atoms with Crippen LogP contribution in [0.1, 0.15) is 19.8 Å². The Morgan fingerprint density at radius 2 is 2.00 bits per heavy atom. The quantitative estimate of drug-likeness (QED) is 0.729. The fourth-order valence-corrected chi connectivity index (χ4v) is 4.00. The number of carboxylic acids is 1. The van der Waals surface area contributed by atoms with Crippen LogP contribution in [0.25, 0.3) is 0 Å². The molecule has 0 heterocycles. The van der Waals surface area contributed by atoms with Crippen molar-refractivity contribution in [1.82, 2.24) is 5.32 Å². The molecule has 2 aliphatic rings. The van der Waals surface area contributed by atoms with Crippen molar-refractivity contribution in [3.8, 4) is 0 Å². The number of carboxylic acid groups (broad SMARTS) is 1. The lowest BCUT2D eigenvalue weighted by atomic mass is 9.82. The molecule has 0 aliphatic heterocycles. The van der Waals surface area contributed by atoms with E-state index in [4.69, 9.17) is 0 Å². The van der Waals surface area contributed by atoms with Gasteiger partial charge in [0.1, 0.15) is 0 Å². The molecule has 1 saturated carbocycles. The lowest BCUT2D eigenvalue weighted by Gasteiger charge is -2.26. The molecule has 0 saturated heterocycles. The molecule has 2 rings (SSSR count). The summed E-state index contributed by atoms with van der Waals surface area (Å²) in [5.41, 5.74) is 0. The van der Waals surface area contributed by atoms with Gasteiger partial charge in [-0.15, -0.1) is 0 Å². The Morgan fingerprint density at radius 1 is 1.37 bits per heavy atom. The fraction of sp³-hybridized carbons (Fsp3) is 0.714. The fourth-order valence-electron chi connectivity index (χ4n) is 3.28. The molecule has 0 radical (unpaired) electrons. The largest absolute Gasteiger partial charge is 0.481 e. The molecule has 0 aromatic carbocycles. The number of carbonyl (C=O) groups excluding carboxylic acids is 1. The SMILES string of the molecule is CCC(CSC)NC(=O)[C@H]1C2C=CC(C2)[C@H]1C(=O)O.